The molecule has 78 valence electrons. The molecule has 0 bridgehead atoms. The molecule has 5 heteroatoms. The lowest BCUT2D eigenvalue weighted by atomic mass is 10.1. The van der Waals surface area contributed by atoms with E-state index in [2.05, 4.69) is 15.0 Å². The van der Waals surface area contributed by atoms with Crippen LogP contribution in [0.4, 0.5) is 0 Å². The summed E-state index contributed by atoms with van der Waals surface area (Å²) in [7, 11) is 0. The summed E-state index contributed by atoms with van der Waals surface area (Å²) in [5.74, 6) is -0.504. The minimum Gasteiger partial charge on any atom is -0.357 e. The molecule has 0 atom stereocenters. The van der Waals surface area contributed by atoms with E-state index in [1.807, 2.05) is 12.1 Å². The lowest BCUT2D eigenvalue weighted by Gasteiger charge is -1.93. The molecule has 0 radical (unpaired) electrons. The monoisotopic (exact) mass is 212 g/mol. The van der Waals surface area contributed by atoms with E-state index in [0.717, 1.165) is 11.1 Å². The van der Waals surface area contributed by atoms with Crippen LogP contribution in [0.5, 0.6) is 0 Å². The zero-order chi connectivity index (χ0) is 11.4. The predicted molar refractivity (Wildman–Crippen MR) is 58.5 cm³/mol. The van der Waals surface area contributed by atoms with Crippen molar-refractivity contribution in [1.29, 1.82) is 5.41 Å². The van der Waals surface area contributed by atoms with E-state index in [9.17, 15) is 4.79 Å². The zero-order valence-electron chi connectivity index (χ0n) is 8.27. The van der Waals surface area contributed by atoms with Crippen LogP contribution in [0.3, 0.4) is 0 Å². The third-order valence-electron chi connectivity index (χ3n) is 2.08. The van der Waals surface area contributed by atoms with Crippen LogP contribution >= 0.6 is 0 Å². The fourth-order valence-electron chi connectivity index (χ4n) is 1.34. The molecular weight excluding hydrogens is 204 g/mol. The summed E-state index contributed by atoms with van der Waals surface area (Å²) >= 11 is 0. The standard InChI is InChI=1S/C11H8N4O/c12-7-15-11(16)10-5-9(6-14-10)8-1-3-13-4-2-8/h1-6,12,14H. The molecule has 0 aliphatic heterocycles. The van der Waals surface area contributed by atoms with Crippen molar-refractivity contribution < 1.29 is 4.79 Å². The number of aliphatic imine (C=N–C) groups is 1. The number of amides is 1. The fourth-order valence-corrected chi connectivity index (χ4v) is 1.34. The Morgan fingerprint density at radius 3 is 2.81 bits per heavy atom. The molecule has 2 rings (SSSR count). The second-order valence-electron chi connectivity index (χ2n) is 3.07. The van der Waals surface area contributed by atoms with Crippen LogP contribution in [0, 0.1) is 5.41 Å². The molecule has 2 aromatic rings. The lowest BCUT2D eigenvalue weighted by molar-refractivity contribution is 0.0999. The van der Waals surface area contributed by atoms with E-state index in [0.29, 0.717) is 5.69 Å². The number of aromatic nitrogens is 2. The minimum absolute atomic E-state index is 0.339. The highest BCUT2D eigenvalue weighted by Crippen LogP contribution is 2.19. The van der Waals surface area contributed by atoms with Crippen LogP contribution in [0.25, 0.3) is 11.1 Å². The van der Waals surface area contributed by atoms with Gasteiger partial charge in [-0.2, -0.15) is 0 Å². The first kappa shape index (κ1) is 10.0. The van der Waals surface area contributed by atoms with Gasteiger partial charge in [0.15, 0.2) is 0 Å². The largest absolute Gasteiger partial charge is 0.357 e. The first-order valence-corrected chi connectivity index (χ1v) is 4.57. The van der Waals surface area contributed by atoms with E-state index in [4.69, 9.17) is 5.41 Å². The van der Waals surface area contributed by atoms with Crippen LogP contribution in [-0.4, -0.2) is 21.9 Å². The van der Waals surface area contributed by atoms with Gasteiger partial charge >= 0.3 is 5.91 Å². The molecule has 0 aromatic carbocycles. The molecule has 2 N–H and O–H groups in total. The number of nitrogens with zero attached hydrogens (tertiary/aromatic N) is 2. The van der Waals surface area contributed by atoms with E-state index in [-0.39, 0.29) is 0 Å². The van der Waals surface area contributed by atoms with Gasteiger partial charge in [0.25, 0.3) is 0 Å². The van der Waals surface area contributed by atoms with Crippen LogP contribution in [0.15, 0.2) is 41.8 Å². The predicted octanol–water partition coefficient (Wildman–Crippen LogP) is 1.97. The van der Waals surface area contributed by atoms with Crippen molar-refractivity contribution in [2.75, 3.05) is 0 Å². The number of pyridine rings is 1. The van der Waals surface area contributed by atoms with Gasteiger partial charge in [0.2, 0.25) is 0 Å². The van der Waals surface area contributed by atoms with Crippen LogP contribution < -0.4 is 0 Å². The van der Waals surface area contributed by atoms with Crippen molar-refractivity contribution in [3.05, 3.63) is 42.5 Å². The van der Waals surface area contributed by atoms with Gasteiger partial charge in [-0.3, -0.25) is 9.78 Å². The van der Waals surface area contributed by atoms with Crippen molar-refractivity contribution >= 4 is 11.9 Å². The summed E-state index contributed by atoms with van der Waals surface area (Å²) in [5, 5.41) is 6.59. The third kappa shape index (κ3) is 1.94. The SMILES string of the molecule is N=C=NC(=O)c1cc(-c2ccncc2)c[nH]1. The molecule has 0 aliphatic carbocycles. The van der Waals surface area contributed by atoms with E-state index in [1.54, 1.807) is 30.7 Å². The van der Waals surface area contributed by atoms with Crippen LogP contribution in [0.1, 0.15) is 10.5 Å². The van der Waals surface area contributed by atoms with Gasteiger partial charge in [-0.1, -0.05) is 0 Å². The van der Waals surface area contributed by atoms with Gasteiger partial charge in [-0.15, -0.1) is 4.99 Å². The van der Waals surface area contributed by atoms with Crippen LogP contribution in [0.2, 0.25) is 0 Å². The van der Waals surface area contributed by atoms with Crippen molar-refractivity contribution in [3.8, 4) is 11.1 Å². The van der Waals surface area contributed by atoms with E-state index in [1.165, 1.54) is 0 Å². The van der Waals surface area contributed by atoms with E-state index < -0.39 is 5.91 Å². The summed E-state index contributed by atoms with van der Waals surface area (Å²) < 4.78 is 0. The number of rotatable bonds is 2. The molecule has 2 heterocycles. The molecule has 0 spiro atoms. The van der Waals surface area contributed by atoms with Crippen molar-refractivity contribution in [1.82, 2.24) is 9.97 Å². The topological polar surface area (TPSA) is 82.0 Å². The highest BCUT2D eigenvalue weighted by molar-refractivity contribution is 5.97. The Balaban J connectivity index is 2.33. The molecular formula is C11H8N4O. The Hall–Kier alpha value is -2.52. The zero-order valence-corrected chi connectivity index (χ0v) is 8.27. The average Bonchev–Trinajstić information content (AvgIpc) is 2.80. The molecule has 1 amide bonds. The van der Waals surface area contributed by atoms with Crippen LogP contribution in [-0.2, 0) is 0 Å². The van der Waals surface area contributed by atoms with Gasteiger partial charge in [-0.05, 0) is 23.8 Å². The molecule has 0 saturated heterocycles. The number of nitrogens with one attached hydrogen (secondary N) is 2. The first-order chi connectivity index (χ1) is 7.81. The summed E-state index contributed by atoms with van der Waals surface area (Å²) in [6, 6.07) is 7.08. The molecule has 2 aromatic heterocycles. The lowest BCUT2D eigenvalue weighted by Crippen LogP contribution is -1.92. The Kier molecular flexibility index (Phi) is 2.71. The molecule has 5 nitrogen and oxygen atoms in total. The summed E-state index contributed by atoms with van der Waals surface area (Å²) in [5.41, 5.74) is 2.18. The van der Waals surface area contributed by atoms with Gasteiger partial charge in [0.05, 0.1) is 6.01 Å². The molecule has 0 fully saturated rings. The molecule has 0 unspecified atom stereocenters. The van der Waals surface area contributed by atoms with Crippen molar-refractivity contribution in [3.63, 3.8) is 0 Å². The Morgan fingerprint density at radius 2 is 2.12 bits per heavy atom. The smallest absolute Gasteiger partial charge is 0.302 e. The number of H-pyrrole nitrogens is 1. The first-order valence-electron chi connectivity index (χ1n) is 4.57. The Bertz CT molecular complexity index is 552. The van der Waals surface area contributed by atoms with Gasteiger partial charge in [0, 0.05) is 24.2 Å². The summed E-state index contributed by atoms with van der Waals surface area (Å²) in [4.78, 5) is 21.2. The minimum atomic E-state index is -0.504. The highest BCUT2D eigenvalue weighted by Gasteiger charge is 2.07. The van der Waals surface area contributed by atoms with Crippen molar-refractivity contribution in [2.45, 2.75) is 0 Å². The quantitative estimate of drug-likeness (QED) is 0.746. The average molecular weight is 212 g/mol. The second-order valence-corrected chi connectivity index (χ2v) is 3.07. The van der Waals surface area contributed by atoms with E-state index >= 15 is 0 Å². The number of aromatic amines is 1. The maximum atomic E-state index is 11.3. The maximum Gasteiger partial charge on any atom is 0.302 e. The molecule has 16 heavy (non-hydrogen) atoms. The van der Waals surface area contributed by atoms with Gasteiger partial charge < -0.3 is 4.98 Å². The fraction of sp³-hybridized carbons (Fsp3) is 0. The molecule has 0 saturated carbocycles. The number of carbonyl (C=O) groups is 1. The third-order valence-corrected chi connectivity index (χ3v) is 2.08. The summed E-state index contributed by atoms with van der Waals surface area (Å²) in [6.45, 7) is 0. The Morgan fingerprint density at radius 1 is 1.38 bits per heavy atom. The summed E-state index contributed by atoms with van der Waals surface area (Å²) in [6.07, 6.45) is 5.07. The second kappa shape index (κ2) is 4.33. The molecule has 0 aliphatic rings. The van der Waals surface area contributed by atoms with Gasteiger partial charge in [0.1, 0.15) is 5.69 Å². The maximum absolute atomic E-state index is 11.3. The normalized spacial score (nSPS) is 9.50. The number of hydrogen-bond acceptors (Lipinski definition) is 3. The Labute approximate surface area is 91.4 Å². The number of carbonyl (C=O) groups excluding carboxylic acids is 1. The van der Waals surface area contributed by atoms with Gasteiger partial charge in [-0.25, -0.2) is 5.41 Å². The number of hydrogen-bond donors (Lipinski definition) is 2. The highest BCUT2D eigenvalue weighted by atomic mass is 16.1. The van der Waals surface area contributed by atoms with Crippen molar-refractivity contribution in [2.24, 2.45) is 4.99 Å².